The SMILES string of the molecule is Oc1cc2ccccc2cc1C(=Nc1ccccc1)Nc1ccccc1. The Labute approximate surface area is 152 Å². The normalized spacial score (nSPS) is 11.5. The van der Waals surface area contributed by atoms with E-state index in [2.05, 4.69) is 5.32 Å². The lowest BCUT2D eigenvalue weighted by Crippen LogP contribution is -2.13. The number of hydrogen-bond donors (Lipinski definition) is 2. The van der Waals surface area contributed by atoms with Crippen LogP contribution in [0.15, 0.2) is 102 Å². The molecule has 0 aliphatic heterocycles. The molecule has 4 rings (SSSR count). The van der Waals surface area contributed by atoms with E-state index in [9.17, 15) is 5.11 Å². The first-order valence-corrected chi connectivity index (χ1v) is 8.47. The van der Waals surface area contributed by atoms with E-state index in [1.165, 1.54) is 0 Å². The molecule has 0 aliphatic carbocycles. The summed E-state index contributed by atoms with van der Waals surface area (Å²) in [5.74, 6) is 0.799. The second-order valence-electron chi connectivity index (χ2n) is 6.00. The van der Waals surface area contributed by atoms with Gasteiger partial charge in [0, 0.05) is 5.69 Å². The van der Waals surface area contributed by atoms with Crippen LogP contribution >= 0.6 is 0 Å². The molecule has 26 heavy (non-hydrogen) atoms. The van der Waals surface area contributed by atoms with Crippen LogP contribution in [-0.2, 0) is 0 Å². The van der Waals surface area contributed by atoms with Crippen LogP contribution in [0.25, 0.3) is 10.8 Å². The van der Waals surface area contributed by atoms with Crippen LogP contribution in [0, 0.1) is 0 Å². The van der Waals surface area contributed by atoms with Crippen LogP contribution in [0.3, 0.4) is 0 Å². The molecule has 0 aromatic heterocycles. The van der Waals surface area contributed by atoms with E-state index in [0.29, 0.717) is 11.4 Å². The number of rotatable bonds is 3. The van der Waals surface area contributed by atoms with Gasteiger partial charge in [0.05, 0.1) is 11.3 Å². The predicted molar refractivity (Wildman–Crippen MR) is 108 cm³/mol. The smallest absolute Gasteiger partial charge is 0.142 e. The Balaban J connectivity index is 1.85. The molecule has 0 amide bonds. The standard InChI is InChI=1S/C23H18N2O/c26-22-16-18-10-8-7-9-17(18)15-21(22)23(24-19-11-3-1-4-12-19)25-20-13-5-2-6-14-20/h1-16,26H,(H,24,25). The zero-order chi connectivity index (χ0) is 17.8. The average Bonchev–Trinajstić information content (AvgIpc) is 2.68. The highest BCUT2D eigenvalue weighted by Gasteiger charge is 2.12. The summed E-state index contributed by atoms with van der Waals surface area (Å²) in [7, 11) is 0. The summed E-state index contributed by atoms with van der Waals surface area (Å²) >= 11 is 0. The quantitative estimate of drug-likeness (QED) is 0.370. The third kappa shape index (κ3) is 3.42. The molecule has 0 saturated carbocycles. The number of para-hydroxylation sites is 2. The average molecular weight is 338 g/mol. The van der Waals surface area contributed by atoms with Gasteiger partial charge in [0.1, 0.15) is 11.6 Å². The van der Waals surface area contributed by atoms with Crippen molar-refractivity contribution in [2.24, 2.45) is 4.99 Å². The maximum Gasteiger partial charge on any atom is 0.142 e. The summed E-state index contributed by atoms with van der Waals surface area (Å²) in [4.78, 5) is 4.74. The second-order valence-corrected chi connectivity index (χ2v) is 6.00. The van der Waals surface area contributed by atoms with Gasteiger partial charge in [0.15, 0.2) is 0 Å². The lowest BCUT2D eigenvalue weighted by molar-refractivity contribution is 0.475. The van der Waals surface area contributed by atoms with Crippen LogP contribution < -0.4 is 5.32 Å². The number of aromatic hydroxyl groups is 1. The van der Waals surface area contributed by atoms with Gasteiger partial charge in [-0.05, 0) is 47.2 Å². The zero-order valence-electron chi connectivity index (χ0n) is 14.1. The van der Waals surface area contributed by atoms with E-state index < -0.39 is 0 Å². The van der Waals surface area contributed by atoms with Gasteiger partial charge < -0.3 is 10.4 Å². The Morgan fingerprint density at radius 2 is 1.27 bits per heavy atom. The lowest BCUT2D eigenvalue weighted by atomic mass is 10.0. The number of aliphatic imine (C=N–C) groups is 1. The first-order chi connectivity index (χ1) is 12.8. The van der Waals surface area contributed by atoms with E-state index in [1.54, 1.807) is 6.07 Å². The van der Waals surface area contributed by atoms with Gasteiger partial charge in [-0.15, -0.1) is 0 Å². The molecule has 0 aliphatic rings. The summed E-state index contributed by atoms with van der Waals surface area (Å²) in [6.45, 7) is 0. The Hall–Kier alpha value is -3.59. The van der Waals surface area contributed by atoms with Crippen molar-refractivity contribution in [1.82, 2.24) is 0 Å². The van der Waals surface area contributed by atoms with Crippen molar-refractivity contribution < 1.29 is 5.11 Å². The Kier molecular flexibility index (Phi) is 4.35. The fraction of sp³-hybridized carbons (Fsp3) is 0. The van der Waals surface area contributed by atoms with Crippen LogP contribution in [0.5, 0.6) is 5.75 Å². The fourth-order valence-corrected chi connectivity index (χ4v) is 2.86. The first-order valence-electron chi connectivity index (χ1n) is 8.47. The number of anilines is 1. The van der Waals surface area contributed by atoms with Crippen LogP contribution in [0.2, 0.25) is 0 Å². The second kappa shape index (κ2) is 7.11. The Bertz CT molecular complexity index is 1060. The molecule has 3 nitrogen and oxygen atoms in total. The molecule has 3 heteroatoms. The van der Waals surface area contributed by atoms with Crippen molar-refractivity contribution in [3.05, 3.63) is 103 Å². The zero-order valence-corrected chi connectivity index (χ0v) is 14.1. The van der Waals surface area contributed by atoms with Crippen molar-refractivity contribution in [2.45, 2.75) is 0 Å². The van der Waals surface area contributed by atoms with Gasteiger partial charge in [0.25, 0.3) is 0 Å². The first kappa shape index (κ1) is 15.9. The molecule has 0 heterocycles. The van der Waals surface area contributed by atoms with Crippen molar-refractivity contribution >= 4 is 28.0 Å². The van der Waals surface area contributed by atoms with Crippen LogP contribution in [0.1, 0.15) is 5.56 Å². The fourth-order valence-electron chi connectivity index (χ4n) is 2.86. The van der Waals surface area contributed by atoms with Gasteiger partial charge in [-0.2, -0.15) is 0 Å². The highest BCUT2D eigenvalue weighted by Crippen LogP contribution is 2.27. The molecule has 0 radical (unpaired) electrons. The highest BCUT2D eigenvalue weighted by atomic mass is 16.3. The van der Waals surface area contributed by atoms with E-state index in [0.717, 1.165) is 22.1 Å². The van der Waals surface area contributed by atoms with Crippen molar-refractivity contribution in [1.29, 1.82) is 0 Å². The number of nitrogens with one attached hydrogen (secondary N) is 1. The van der Waals surface area contributed by atoms with E-state index >= 15 is 0 Å². The number of amidine groups is 1. The molecule has 0 fully saturated rings. The number of phenols is 1. The molecular weight excluding hydrogens is 320 g/mol. The molecule has 0 spiro atoms. The van der Waals surface area contributed by atoms with Gasteiger partial charge >= 0.3 is 0 Å². The molecule has 126 valence electrons. The lowest BCUT2D eigenvalue weighted by Gasteiger charge is -2.13. The molecule has 0 atom stereocenters. The largest absolute Gasteiger partial charge is 0.507 e. The van der Waals surface area contributed by atoms with Gasteiger partial charge in [0.2, 0.25) is 0 Å². The minimum Gasteiger partial charge on any atom is -0.507 e. The molecule has 4 aromatic carbocycles. The topological polar surface area (TPSA) is 44.6 Å². The molecule has 0 saturated heterocycles. The van der Waals surface area contributed by atoms with E-state index in [4.69, 9.17) is 4.99 Å². The summed E-state index contributed by atoms with van der Waals surface area (Å²) < 4.78 is 0. The highest BCUT2D eigenvalue weighted by molar-refractivity contribution is 6.12. The maximum atomic E-state index is 10.6. The molecular formula is C23H18N2O. The number of fused-ring (bicyclic) bond motifs is 1. The van der Waals surface area contributed by atoms with Gasteiger partial charge in [-0.1, -0.05) is 60.7 Å². The van der Waals surface area contributed by atoms with E-state index in [-0.39, 0.29) is 5.75 Å². The molecule has 2 N–H and O–H groups in total. The summed E-state index contributed by atoms with van der Waals surface area (Å²) in [5.41, 5.74) is 2.39. The minimum absolute atomic E-state index is 0.196. The van der Waals surface area contributed by atoms with E-state index in [1.807, 2.05) is 91.0 Å². The summed E-state index contributed by atoms with van der Waals surface area (Å²) in [6, 6.07) is 31.2. The van der Waals surface area contributed by atoms with Crippen molar-refractivity contribution in [3.63, 3.8) is 0 Å². The molecule has 0 bridgehead atoms. The number of benzene rings is 4. The number of phenolic OH excluding ortho intramolecular Hbond substituents is 1. The van der Waals surface area contributed by atoms with Crippen molar-refractivity contribution in [2.75, 3.05) is 5.32 Å². The Morgan fingerprint density at radius 3 is 1.96 bits per heavy atom. The van der Waals surface area contributed by atoms with Crippen LogP contribution in [-0.4, -0.2) is 10.9 Å². The van der Waals surface area contributed by atoms with Gasteiger partial charge in [-0.25, -0.2) is 4.99 Å². The number of nitrogens with zero attached hydrogens (tertiary/aromatic N) is 1. The minimum atomic E-state index is 0.196. The monoisotopic (exact) mass is 338 g/mol. The molecule has 4 aromatic rings. The van der Waals surface area contributed by atoms with Crippen molar-refractivity contribution in [3.8, 4) is 5.75 Å². The predicted octanol–water partition coefficient (Wildman–Crippen LogP) is 5.74. The number of hydrogen-bond acceptors (Lipinski definition) is 2. The summed E-state index contributed by atoms with van der Waals surface area (Å²) in [5, 5.41) is 16.0. The maximum absolute atomic E-state index is 10.6. The third-order valence-electron chi connectivity index (χ3n) is 4.15. The Morgan fingerprint density at radius 1 is 0.692 bits per heavy atom. The van der Waals surface area contributed by atoms with Gasteiger partial charge in [-0.3, -0.25) is 0 Å². The summed E-state index contributed by atoms with van der Waals surface area (Å²) in [6.07, 6.45) is 0. The van der Waals surface area contributed by atoms with Crippen LogP contribution in [0.4, 0.5) is 11.4 Å². The third-order valence-corrected chi connectivity index (χ3v) is 4.15. The molecule has 0 unspecified atom stereocenters.